The van der Waals surface area contributed by atoms with Crippen LogP contribution in [0, 0.1) is 5.92 Å². The lowest BCUT2D eigenvalue weighted by atomic mass is 10.1. The molecule has 0 saturated carbocycles. The maximum absolute atomic E-state index is 11.6. The van der Waals surface area contributed by atoms with Crippen molar-refractivity contribution in [1.29, 1.82) is 0 Å². The fourth-order valence-corrected chi connectivity index (χ4v) is 4.40. The molecular weight excluding hydrogens is 320 g/mol. The molecule has 0 bridgehead atoms. The summed E-state index contributed by atoms with van der Waals surface area (Å²) in [6, 6.07) is 2.03. The maximum atomic E-state index is 11.6. The van der Waals surface area contributed by atoms with Crippen LogP contribution >= 0.6 is 11.3 Å². The molecule has 2 aromatic rings. The standard InChI is InChI=1S/C14H20N4O2S2/c1-3-12-16-13(11-5-7-21-14(11)17-12)15-8-10-4-6-18(9-10)22(2,19)20/h5,7,10H,3-4,6,8-9H2,1-2H3,(H,15,16,17). The summed E-state index contributed by atoms with van der Waals surface area (Å²) in [6.07, 6.45) is 2.96. The quantitative estimate of drug-likeness (QED) is 0.900. The molecule has 1 unspecified atom stereocenters. The second kappa shape index (κ2) is 6.10. The Balaban J connectivity index is 1.71. The van der Waals surface area contributed by atoms with Crippen LogP contribution in [0.15, 0.2) is 11.4 Å². The molecule has 0 aromatic carbocycles. The molecule has 0 spiro atoms. The minimum absolute atomic E-state index is 0.323. The van der Waals surface area contributed by atoms with Crippen LogP contribution < -0.4 is 5.32 Å². The van der Waals surface area contributed by atoms with Gasteiger partial charge in [0, 0.05) is 26.1 Å². The number of hydrogen-bond acceptors (Lipinski definition) is 6. The Morgan fingerprint density at radius 2 is 2.27 bits per heavy atom. The normalized spacial score (nSPS) is 19.8. The first-order chi connectivity index (χ1) is 10.5. The van der Waals surface area contributed by atoms with Gasteiger partial charge in [-0.05, 0) is 23.8 Å². The van der Waals surface area contributed by atoms with Gasteiger partial charge in [0.25, 0.3) is 0 Å². The largest absolute Gasteiger partial charge is 0.369 e. The third-order valence-electron chi connectivity index (χ3n) is 3.96. The van der Waals surface area contributed by atoms with Crippen molar-refractivity contribution >= 4 is 37.4 Å². The molecule has 22 heavy (non-hydrogen) atoms. The van der Waals surface area contributed by atoms with Gasteiger partial charge < -0.3 is 5.32 Å². The average Bonchev–Trinajstić information content (AvgIpc) is 3.12. The van der Waals surface area contributed by atoms with Crippen LogP contribution in [0.2, 0.25) is 0 Å². The van der Waals surface area contributed by atoms with Crippen LogP contribution in [0.25, 0.3) is 10.2 Å². The second-order valence-corrected chi connectivity index (χ2v) is 8.52. The number of aromatic nitrogens is 2. The summed E-state index contributed by atoms with van der Waals surface area (Å²) in [6.45, 7) is 3.98. The van der Waals surface area contributed by atoms with Crippen molar-refractivity contribution in [3.8, 4) is 0 Å². The SMILES string of the molecule is CCc1nc(NCC2CCN(S(C)(=O)=O)C2)c2ccsc2n1. The smallest absolute Gasteiger partial charge is 0.211 e. The molecule has 1 N–H and O–H groups in total. The highest BCUT2D eigenvalue weighted by Gasteiger charge is 2.28. The zero-order chi connectivity index (χ0) is 15.7. The summed E-state index contributed by atoms with van der Waals surface area (Å²) in [5.41, 5.74) is 0. The first-order valence-electron chi connectivity index (χ1n) is 7.40. The number of fused-ring (bicyclic) bond motifs is 1. The lowest BCUT2D eigenvalue weighted by molar-refractivity contribution is 0.466. The van der Waals surface area contributed by atoms with Crippen molar-refractivity contribution < 1.29 is 8.42 Å². The van der Waals surface area contributed by atoms with E-state index in [0.717, 1.165) is 41.2 Å². The monoisotopic (exact) mass is 340 g/mol. The first kappa shape index (κ1) is 15.6. The molecule has 3 rings (SSSR count). The lowest BCUT2D eigenvalue weighted by Gasteiger charge is -2.14. The van der Waals surface area contributed by atoms with Gasteiger partial charge in [-0.25, -0.2) is 22.7 Å². The Morgan fingerprint density at radius 3 is 2.95 bits per heavy atom. The van der Waals surface area contributed by atoms with Gasteiger partial charge in [0.2, 0.25) is 10.0 Å². The molecule has 1 atom stereocenters. The van der Waals surface area contributed by atoms with Crippen molar-refractivity contribution in [3.63, 3.8) is 0 Å². The molecule has 2 aromatic heterocycles. The Hall–Kier alpha value is -1.25. The summed E-state index contributed by atoms with van der Waals surface area (Å²) in [5.74, 6) is 2.02. The Morgan fingerprint density at radius 1 is 1.45 bits per heavy atom. The van der Waals surface area contributed by atoms with E-state index in [1.54, 1.807) is 15.6 Å². The molecule has 120 valence electrons. The molecule has 0 amide bonds. The van der Waals surface area contributed by atoms with Gasteiger partial charge in [0.1, 0.15) is 16.5 Å². The summed E-state index contributed by atoms with van der Waals surface area (Å²) in [5, 5.41) is 6.46. The van der Waals surface area contributed by atoms with E-state index >= 15 is 0 Å². The third-order valence-corrected chi connectivity index (χ3v) is 6.04. The number of thiophene rings is 1. The Bertz CT molecular complexity index is 772. The number of nitrogens with one attached hydrogen (secondary N) is 1. The zero-order valence-electron chi connectivity index (χ0n) is 12.7. The fourth-order valence-electron chi connectivity index (χ4n) is 2.70. The maximum Gasteiger partial charge on any atom is 0.211 e. The van der Waals surface area contributed by atoms with Crippen LogP contribution in [0.4, 0.5) is 5.82 Å². The minimum Gasteiger partial charge on any atom is -0.369 e. The number of hydrogen-bond donors (Lipinski definition) is 1. The number of rotatable bonds is 5. The van der Waals surface area contributed by atoms with Gasteiger partial charge in [0.05, 0.1) is 11.6 Å². The molecular formula is C14H20N4O2S2. The van der Waals surface area contributed by atoms with Crippen LogP contribution in [0.3, 0.4) is 0 Å². The van der Waals surface area contributed by atoms with Crippen molar-refractivity contribution in [2.45, 2.75) is 19.8 Å². The highest BCUT2D eigenvalue weighted by molar-refractivity contribution is 7.88. The van der Waals surface area contributed by atoms with Gasteiger partial charge >= 0.3 is 0 Å². The van der Waals surface area contributed by atoms with E-state index in [-0.39, 0.29) is 0 Å². The summed E-state index contributed by atoms with van der Waals surface area (Å²) >= 11 is 1.61. The van der Waals surface area contributed by atoms with Crippen molar-refractivity contribution in [3.05, 3.63) is 17.3 Å². The number of aryl methyl sites for hydroxylation is 1. The van der Waals surface area contributed by atoms with E-state index in [1.165, 1.54) is 6.26 Å². The van der Waals surface area contributed by atoms with Gasteiger partial charge in [-0.15, -0.1) is 11.3 Å². The van der Waals surface area contributed by atoms with Gasteiger partial charge in [-0.2, -0.15) is 0 Å². The summed E-state index contributed by atoms with van der Waals surface area (Å²) in [7, 11) is -3.07. The van der Waals surface area contributed by atoms with E-state index in [2.05, 4.69) is 15.3 Å². The number of sulfonamides is 1. The molecule has 8 heteroatoms. The number of nitrogens with zero attached hydrogens (tertiary/aromatic N) is 3. The molecule has 1 saturated heterocycles. The van der Waals surface area contributed by atoms with E-state index in [1.807, 2.05) is 18.4 Å². The van der Waals surface area contributed by atoms with Crippen molar-refractivity contribution in [2.75, 3.05) is 31.2 Å². The predicted molar refractivity (Wildman–Crippen MR) is 89.8 cm³/mol. The molecule has 1 fully saturated rings. The van der Waals surface area contributed by atoms with Gasteiger partial charge in [-0.1, -0.05) is 6.92 Å². The highest BCUT2D eigenvalue weighted by Crippen LogP contribution is 2.26. The minimum atomic E-state index is -3.07. The van der Waals surface area contributed by atoms with Crippen LogP contribution in [0.1, 0.15) is 19.2 Å². The Labute approximate surface area is 134 Å². The molecule has 1 aliphatic heterocycles. The first-order valence-corrected chi connectivity index (χ1v) is 10.1. The molecule has 3 heterocycles. The van der Waals surface area contributed by atoms with Crippen molar-refractivity contribution in [1.82, 2.24) is 14.3 Å². The number of anilines is 1. The molecule has 0 aliphatic carbocycles. The van der Waals surface area contributed by atoms with Crippen molar-refractivity contribution in [2.24, 2.45) is 5.92 Å². The fraction of sp³-hybridized carbons (Fsp3) is 0.571. The van der Waals surface area contributed by atoms with E-state index in [4.69, 9.17) is 0 Å². The summed E-state index contributed by atoms with van der Waals surface area (Å²) in [4.78, 5) is 10.1. The zero-order valence-corrected chi connectivity index (χ0v) is 14.4. The predicted octanol–water partition coefficient (Wildman–Crippen LogP) is 1.95. The van der Waals surface area contributed by atoms with Crippen LogP contribution in [0.5, 0.6) is 0 Å². The van der Waals surface area contributed by atoms with Crippen LogP contribution in [-0.4, -0.2) is 48.6 Å². The summed E-state index contributed by atoms with van der Waals surface area (Å²) < 4.78 is 24.7. The lowest BCUT2D eigenvalue weighted by Crippen LogP contribution is -2.28. The molecule has 6 nitrogen and oxygen atoms in total. The molecule has 0 radical (unpaired) electrons. The third kappa shape index (κ3) is 3.23. The van der Waals surface area contributed by atoms with E-state index in [9.17, 15) is 8.42 Å². The highest BCUT2D eigenvalue weighted by atomic mass is 32.2. The topological polar surface area (TPSA) is 75.2 Å². The van der Waals surface area contributed by atoms with Gasteiger partial charge in [0.15, 0.2) is 0 Å². The van der Waals surface area contributed by atoms with Gasteiger partial charge in [-0.3, -0.25) is 0 Å². The van der Waals surface area contributed by atoms with Crippen LogP contribution in [-0.2, 0) is 16.4 Å². The Kier molecular flexibility index (Phi) is 4.33. The van der Waals surface area contributed by atoms with E-state index in [0.29, 0.717) is 19.0 Å². The van der Waals surface area contributed by atoms with E-state index < -0.39 is 10.0 Å². The second-order valence-electron chi connectivity index (χ2n) is 5.64. The molecule has 1 aliphatic rings. The average molecular weight is 340 g/mol.